The van der Waals surface area contributed by atoms with Crippen molar-refractivity contribution < 1.29 is 17.6 Å². The molecule has 2 aromatic heterocycles. The molecule has 1 atom stereocenters. The summed E-state index contributed by atoms with van der Waals surface area (Å²) in [6.07, 6.45) is 2.50. The van der Waals surface area contributed by atoms with E-state index in [4.69, 9.17) is 17.3 Å². The predicted molar refractivity (Wildman–Crippen MR) is 139 cm³/mol. The fourth-order valence-corrected chi connectivity index (χ4v) is 4.93. The lowest BCUT2D eigenvalue weighted by molar-refractivity contribution is -0.120. The van der Waals surface area contributed by atoms with E-state index < -0.39 is 27.5 Å². The summed E-state index contributed by atoms with van der Waals surface area (Å²) in [5.74, 6) is -1.76. The number of aromatic nitrogens is 3. The van der Waals surface area contributed by atoms with E-state index in [9.17, 15) is 17.6 Å². The highest BCUT2D eigenvalue weighted by molar-refractivity contribution is 7.90. The Hall–Kier alpha value is -3.19. The Kier molecular flexibility index (Phi) is 8.02. The van der Waals surface area contributed by atoms with E-state index in [0.717, 1.165) is 32.4 Å². The minimum Gasteiger partial charge on any atom is -0.369 e. The van der Waals surface area contributed by atoms with E-state index in [2.05, 4.69) is 30.3 Å². The highest BCUT2D eigenvalue weighted by atomic mass is 35.5. The van der Waals surface area contributed by atoms with Crippen LogP contribution in [0, 0.1) is 5.82 Å². The van der Waals surface area contributed by atoms with Crippen LogP contribution in [-0.2, 0) is 14.6 Å². The van der Waals surface area contributed by atoms with Crippen LogP contribution in [0.4, 0.5) is 15.8 Å². The van der Waals surface area contributed by atoms with E-state index in [0.29, 0.717) is 17.9 Å². The molecule has 0 aliphatic carbocycles. The van der Waals surface area contributed by atoms with Crippen LogP contribution in [0.3, 0.4) is 0 Å². The van der Waals surface area contributed by atoms with Crippen molar-refractivity contribution in [2.75, 3.05) is 51.3 Å². The SMILES string of the molecule is CN1CCN(CC(C(N)=O)c2cc(Nc3cc(-c4cc(Cl)ccc4F)nnc3S(C)(=O)=O)ccn2)CC1. The van der Waals surface area contributed by atoms with Gasteiger partial charge in [0.1, 0.15) is 5.82 Å². The Labute approximate surface area is 219 Å². The van der Waals surface area contributed by atoms with Crippen molar-refractivity contribution in [1.29, 1.82) is 0 Å². The number of amides is 1. The number of pyridine rings is 1. The Morgan fingerprint density at radius 3 is 2.57 bits per heavy atom. The normalized spacial score (nSPS) is 15.9. The van der Waals surface area contributed by atoms with Crippen molar-refractivity contribution in [2.24, 2.45) is 5.73 Å². The molecule has 1 aliphatic heterocycles. The van der Waals surface area contributed by atoms with Crippen LogP contribution in [-0.4, -0.2) is 85.3 Å². The summed E-state index contributed by atoms with van der Waals surface area (Å²) in [6, 6.07) is 8.60. The molecule has 1 amide bonds. The smallest absolute Gasteiger partial charge is 0.227 e. The second-order valence-corrected chi connectivity index (χ2v) is 11.4. The molecular formula is C24H27ClFN7O3S. The molecule has 0 spiro atoms. The molecule has 13 heteroatoms. The number of likely N-dealkylation sites (N-methyl/N-ethyl adjacent to an activating group) is 1. The summed E-state index contributed by atoms with van der Waals surface area (Å²) < 4.78 is 39.3. The molecule has 1 saturated heterocycles. The molecular weight excluding hydrogens is 521 g/mol. The largest absolute Gasteiger partial charge is 0.369 e. The highest BCUT2D eigenvalue weighted by Crippen LogP contribution is 2.30. The standard InChI is InChI=1S/C24H27ClFN7O3S/c1-32-7-9-33(10-8-32)14-18(23(27)34)20-12-16(5-6-28-20)29-22-13-21(30-31-24(22)37(2,35)36)17-11-15(25)3-4-19(17)26/h3-6,11-13,18H,7-10,14H2,1-2H3,(H2,27,34)(H,28,29,30). The van der Waals surface area contributed by atoms with Gasteiger partial charge in [-0.05, 0) is 43.4 Å². The van der Waals surface area contributed by atoms with Gasteiger partial charge in [-0.2, -0.15) is 0 Å². The van der Waals surface area contributed by atoms with Gasteiger partial charge in [-0.25, -0.2) is 12.8 Å². The summed E-state index contributed by atoms with van der Waals surface area (Å²) in [5, 5.41) is 10.7. The predicted octanol–water partition coefficient (Wildman–Crippen LogP) is 2.29. The van der Waals surface area contributed by atoms with Gasteiger partial charge in [0, 0.05) is 61.4 Å². The first-order valence-electron chi connectivity index (χ1n) is 11.5. The zero-order chi connectivity index (χ0) is 26.7. The zero-order valence-corrected chi connectivity index (χ0v) is 21.9. The summed E-state index contributed by atoms with van der Waals surface area (Å²) >= 11 is 6.01. The number of anilines is 2. The zero-order valence-electron chi connectivity index (χ0n) is 20.4. The number of nitrogens with two attached hydrogens (primary N) is 1. The molecule has 3 N–H and O–H groups in total. The number of carbonyl (C=O) groups excluding carboxylic acids is 1. The molecule has 196 valence electrons. The number of nitrogens with zero attached hydrogens (tertiary/aromatic N) is 5. The monoisotopic (exact) mass is 547 g/mol. The quantitative estimate of drug-likeness (QED) is 0.435. The third-order valence-electron chi connectivity index (χ3n) is 6.11. The second kappa shape index (κ2) is 11.1. The minimum atomic E-state index is -3.79. The number of halogens is 2. The fraction of sp³-hybridized carbons (Fsp3) is 0.333. The van der Waals surface area contributed by atoms with E-state index in [-0.39, 0.29) is 27.0 Å². The van der Waals surface area contributed by atoms with Gasteiger partial charge in [0.05, 0.1) is 23.0 Å². The van der Waals surface area contributed by atoms with Crippen molar-refractivity contribution in [3.63, 3.8) is 0 Å². The fourth-order valence-electron chi connectivity index (χ4n) is 4.06. The first-order chi connectivity index (χ1) is 17.5. The third kappa shape index (κ3) is 6.58. The Morgan fingerprint density at radius 1 is 1.16 bits per heavy atom. The number of nitrogens with one attached hydrogen (secondary N) is 1. The van der Waals surface area contributed by atoms with Crippen LogP contribution in [0.2, 0.25) is 5.02 Å². The maximum Gasteiger partial charge on any atom is 0.227 e. The molecule has 1 fully saturated rings. The topological polar surface area (TPSA) is 134 Å². The van der Waals surface area contributed by atoms with E-state index in [1.165, 1.54) is 30.5 Å². The van der Waals surface area contributed by atoms with Crippen molar-refractivity contribution >= 4 is 38.7 Å². The summed E-state index contributed by atoms with van der Waals surface area (Å²) in [4.78, 5) is 21.1. The molecule has 37 heavy (non-hydrogen) atoms. The third-order valence-corrected chi connectivity index (χ3v) is 7.35. The molecule has 0 bridgehead atoms. The van der Waals surface area contributed by atoms with E-state index in [1.54, 1.807) is 12.1 Å². The maximum atomic E-state index is 14.5. The van der Waals surface area contributed by atoms with Crippen LogP contribution in [0.15, 0.2) is 47.6 Å². The van der Waals surface area contributed by atoms with Gasteiger partial charge in [0.25, 0.3) is 0 Å². The second-order valence-electron chi connectivity index (χ2n) is 9.00. The maximum absolute atomic E-state index is 14.5. The van der Waals surface area contributed by atoms with Gasteiger partial charge >= 0.3 is 0 Å². The lowest BCUT2D eigenvalue weighted by Gasteiger charge is -2.33. The molecule has 10 nitrogen and oxygen atoms in total. The summed E-state index contributed by atoms with van der Waals surface area (Å²) in [5.41, 5.74) is 6.86. The molecule has 4 rings (SSSR count). The van der Waals surface area contributed by atoms with Crippen molar-refractivity contribution in [3.05, 3.63) is 59.1 Å². The van der Waals surface area contributed by atoms with Gasteiger partial charge < -0.3 is 16.0 Å². The molecule has 1 aliphatic rings. The van der Waals surface area contributed by atoms with E-state index in [1.807, 2.05) is 7.05 Å². The first kappa shape index (κ1) is 26.9. The molecule has 1 unspecified atom stereocenters. The first-order valence-corrected chi connectivity index (χ1v) is 13.7. The Morgan fingerprint density at radius 2 is 1.89 bits per heavy atom. The number of sulfone groups is 1. The van der Waals surface area contributed by atoms with Gasteiger partial charge in [0.15, 0.2) is 9.84 Å². The van der Waals surface area contributed by atoms with Crippen molar-refractivity contribution in [2.45, 2.75) is 10.9 Å². The van der Waals surface area contributed by atoms with Crippen molar-refractivity contribution in [3.8, 4) is 11.3 Å². The van der Waals surface area contributed by atoms with Gasteiger partial charge in [-0.1, -0.05) is 11.6 Å². The molecule has 1 aromatic carbocycles. The summed E-state index contributed by atoms with van der Waals surface area (Å²) in [6.45, 7) is 3.81. The molecule has 3 aromatic rings. The Bertz CT molecular complexity index is 1420. The van der Waals surface area contributed by atoms with Crippen molar-refractivity contribution in [1.82, 2.24) is 25.0 Å². The number of primary amides is 1. The number of hydrogen-bond donors (Lipinski definition) is 2. The average Bonchev–Trinajstić information content (AvgIpc) is 2.84. The lowest BCUT2D eigenvalue weighted by atomic mass is 10.0. The van der Waals surface area contributed by atoms with E-state index >= 15 is 0 Å². The average molecular weight is 548 g/mol. The molecule has 0 radical (unpaired) electrons. The van der Waals surface area contributed by atoms with Crippen LogP contribution in [0.5, 0.6) is 0 Å². The van der Waals surface area contributed by atoms with Crippen LogP contribution >= 0.6 is 11.6 Å². The number of rotatable bonds is 8. The Balaban J connectivity index is 1.67. The number of hydrogen-bond acceptors (Lipinski definition) is 9. The number of carbonyl (C=O) groups is 1. The van der Waals surface area contributed by atoms with Gasteiger partial charge in [-0.3, -0.25) is 14.7 Å². The molecule has 3 heterocycles. The number of benzene rings is 1. The highest BCUT2D eigenvalue weighted by Gasteiger charge is 2.25. The lowest BCUT2D eigenvalue weighted by Crippen LogP contribution is -2.47. The van der Waals surface area contributed by atoms with Gasteiger partial charge in [-0.15, -0.1) is 10.2 Å². The van der Waals surface area contributed by atoms with Crippen LogP contribution in [0.1, 0.15) is 11.6 Å². The van der Waals surface area contributed by atoms with Gasteiger partial charge in [0.2, 0.25) is 10.9 Å². The molecule has 0 saturated carbocycles. The summed E-state index contributed by atoms with van der Waals surface area (Å²) in [7, 11) is -1.74. The number of piperazine rings is 1. The van der Waals surface area contributed by atoms with Crippen LogP contribution in [0.25, 0.3) is 11.3 Å². The minimum absolute atomic E-state index is 0.0690. The van der Waals surface area contributed by atoms with Crippen LogP contribution < -0.4 is 11.1 Å².